The van der Waals surface area contributed by atoms with E-state index >= 15 is 0 Å². The van der Waals surface area contributed by atoms with E-state index in [0.717, 1.165) is 46.6 Å². The van der Waals surface area contributed by atoms with Gasteiger partial charge in [-0.15, -0.1) is 0 Å². The molecule has 0 amide bonds. The number of fused-ring (bicyclic) bond motifs is 3. The molecule has 0 bridgehead atoms. The van der Waals surface area contributed by atoms with Crippen LogP contribution in [0.25, 0.3) is 11.8 Å². The number of carbonyl (C=O) groups is 1. The topological polar surface area (TPSA) is 79.1 Å². The Morgan fingerprint density at radius 2 is 1.85 bits per heavy atom. The van der Waals surface area contributed by atoms with Gasteiger partial charge in [-0.2, -0.15) is 0 Å². The summed E-state index contributed by atoms with van der Waals surface area (Å²) < 4.78 is 19.1. The number of nitrogens with zero attached hydrogens (tertiary/aromatic N) is 2. The number of benzene rings is 3. The van der Waals surface area contributed by atoms with Crippen molar-refractivity contribution in [3.05, 3.63) is 113 Å². The van der Waals surface area contributed by atoms with E-state index in [1.165, 1.54) is 30.9 Å². The second-order valence-corrected chi connectivity index (χ2v) is 11.4. The zero-order chi connectivity index (χ0) is 28.0. The number of hydrogen-bond donors (Lipinski definition) is 0. The molecule has 0 saturated carbocycles. The number of ether oxygens (including phenoxy) is 3. The Hall–Kier alpha value is -3.95. The molecule has 1 aromatic heterocycles. The van der Waals surface area contributed by atoms with Gasteiger partial charge in [0.2, 0.25) is 0 Å². The first-order valence-corrected chi connectivity index (χ1v) is 14.3. The number of aromatic nitrogens is 1. The quantitative estimate of drug-likeness (QED) is 0.232. The Labute approximate surface area is 242 Å². The Bertz CT molecular complexity index is 1870. The Balaban J connectivity index is 1.55. The molecular formula is C31H25BrN2O5S. The molecule has 40 heavy (non-hydrogen) atoms. The minimum Gasteiger partial charge on any atom is -0.497 e. The summed E-state index contributed by atoms with van der Waals surface area (Å²) in [6, 6.07) is 19.5. The van der Waals surface area contributed by atoms with Gasteiger partial charge in [-0.3, -0.25) is 14.2 Å². The van der Waals surface area contributed by atoms with Crippen LogP contribution in [0, 0.1) is 0 Å². The molecule has 9 heteroatoms. The fourth-order valence-corrected chi connectivity index (χ4v) is 6.87. The number of rotatable bonds is 5. The van der Waals surface area contributed by atoms with E-state index in [-0.39, 0.29) is 11.6 Å². The molecule has 0 saturated heterocycles. The van der Waals surface area contributed by atoms with E-state index in [9.17, 15) is 9.59 Å². The van der Waals surface area contributed by atoms with Crippen LogP contribution >= 0.6 is 27.3 Å². The Morgan fingerprint density at radius 1 is 1.07 bits per heavy atom. The molecule has 2 aliphatic rings. The second kappa shape index (κ2) is 10.6. The minimum atomic E-state index is -0.455. The molecule has 0 unspecified atom stereocenters. The maximum Gasteiger partial charge on any atom is 0.308 e. The summed E-state index contributed by atoms with van der Waals surface area (Å²) in [5.74, 6) is 0.978. The summed E-state index contributed by atoms with van der Waals surface area (Å²) in [7, 11) is 3.15. The number of aryl methyl sites for hydroxylation is 1. The Morgan fingerprint density at radius 3 is 2.58 bits per heavy atom. The average molecular weight is 618 g/mol. The highest BCUT2D eigenvalue weighted by molar-refractivity contribution is 9.10. The number of halogens is 1. The lowest BCUT2D eigenvalue weighted by molar-refractivity contribution is -0.132. The van der Waals surface area contributed by atoms with Crippen LogP contribution in [0.4, 0.5) is 0 Å². The normalized spacial score (nSPS) is 16.0. The summed E-state index contributed by atoms with van der Waals surface area (Å²) in [5, 5.41) is 0. The number of esters is 1. The lowest BCUT2D eigenvalue weighted by Crippen LogP contribution is -2.38. The number of thiazole rings is 1. The van der Waals surface area contributed by atoms with Gasteiger partial charge in [-0.05, 0) is 81.4 Å². The molecule has 6 rings (SSSR count). The van der Waals surface area contributed by atoms with Crippen LogP contribution in [0.15, 0.2) is 80.5 Å². The van der Waals surface area contributed by atoms with Crippen LogP contribution in [0.5, 0.6) is 17.2 Å². The first-order chi connectivity index (χ1) is 19.4. The average Bonchev–Trinajstić information content (AvgIpc) is 3.27. The molecule has 7 nitrogen and oxygen atoms in total. The van der Waals surface area contributed by atoms with Gasteiger partial charge in [0.05, 0.1) is 35.0 Å². The molecule has 3 aromatic carbocycles. The van der Waals surface area contributed by atoms with Gasteiger partial charge in [-0.1, -0.05) is 47.7 Å². The summed E-state index contributed by atoms with van der Waals surface area (Å²) >= 11 is 4.83. The highest BCUT2D eigenvalue weighted by atomic mass is 79.9. The maximum atomic E-state index is 14.0. The predicted molar refractivity (Wildman–Crippen MR) is 158 cm³/mol. The van der Waals surface area contributed by atoms with Gasteiger partial charge >= 0.3 is 5.97 Å². The van der Waals surface area contributed by atoms with Crippen LogP contribution in [0.3, 0.4) is 0 Å². The molecule has 0 radical (unpaired) electrons. The molecular weight excluding hydrogens is 592 g/mol. The summed E-state index contributed by atoms with van der Waals surface area (Å²) in [6.45, 7) is 1.33. The van der Waals surface area contributed by atoms with Crippen molar-refractivity contribution < 1.29 is 19.0 Å². The van der Waals surface area contributed by atoms with E-state index in [4.69, 9.17) is 19.2 Å². The molecule has 2 heterocycles. The highest BCUT2D eigenvalue weighted by Gasteiger charge is 2.32. The highest BCUT2D eigenvalue weighted by Crippen LogP contribution is 2.41. The van der Waals surface area contributed by atoms with Crippen LogP contribution < -0.4 is 29.1 Å². The number of hydrogen-bond acceptors (Lipinski definition) is 7. The van der Waals surface area contributed by atoms with E-state index in [1.54, 1.807) is 19.2 Å². The molecule has 0 fully saturated rings. The van der Waals surface area contributed by atoms with Gasteiger partial charge in [0, 0.05) is 12.5 Å². The third kappa shape index (κ3) is 4.59. The zero-order valence-electron chi connectivity index (χ0n) is 22.1. The largest absolute Gasteiger partial charge is 0.497 e. The smallest absolute Gasteiger partial charge is 0.308 e. The number of allylic oxidation sites excluding steroid dienone is 1. The molecule has 1 atom stereocenters. The third-order valence-electron chi connectivity index (χ3n) is 7.10. The van der Waals surface area contributed by atoms with Gasteiger partial charge in [-0.25, -0.2) is 4.99 Å². The van der Waals surface area contributed by atoms with Crippen molar-refractivity contribution in [1.82, 2.24) is 4.57 Å². The van der Waals surface area contributed by atoms with Gasteiger partial charge < -0.3 is 14.2 Å². The molecule has 1 aliphatic carbocycles. The first kappa shape index (κ1) is 26.3. The van der Waals surface area contributed by atoms with Crippen LogP contribution in [0.2, 0.25) is 0 Å². The zero-order valence-corrected chi connectivity index (χ0v) is 24.5. The SMILES string of the molecule is COc1ccc([C@H]2C3=C(N=c4s/c(=C\c5cc(Br)c(OC(C)=O)c(OC)c5)c(=O)n42)c2ccccc2CC3)cc1. The van der Waals surface area contributed by atoms with Gasteiger partial charge in [0.25, 0.3) is 5.56 Å². The second-order valence-electron chi connectivity index (χ2n) is 9.51. The fraction of sp³-hybridized carbons (Fsp3) is 0.194. The van der Waals surface area contributed by atoms with Crippen molar-refractivity contribution in [1.29, 1.82) is 0 Å². The standard InChI is InChI=1S/C31H25BrN2O5S/c1-17(35)39-29-24(32)14-18(15-25(29)38-3)16-26-30(36)34-28(20-8-11-21(37-2)12-9-20)23-13-10-19-6-4-5-7-22(19)27(23)33-31(34)40-26/h4-9,11-12,14-16,28H,10,13H2,1-3H3/b26-16-/t28-/m0/s1. The third-order valence-corrected chi connectivity index (χ3v) is 8.67. The maximum absolute atomic E-state index is 14.0. The van der Waals surface area contributed by atoms with Crippen LogP contribution in [-0.4, -0.2) is 24.8 Å². The lowest BCUT2D eigenvalue weighted by atomic mass is 9.83. The van der Waals surface area contributed by atoms with Gasteiger partial charge in [0.15, 0.2) is 16.3 Å². The molecule has 0 spiro atoms. The first-order valence-electron chi connectivity index (χ1n) is 12.7. The minimum absolute atomic E-state index is 0.117. The van der Waals surface area contributed by atoms with Crippen molar-refractivity contribution >= 4 is 45.0 Å². The van der Waals surface area contributed by atoms with E-state index < -0.39 is 5.97 Å². The Kier molecular flexibility index (Phi) is 6.93. The van der Waals surface area contributed by atoms with Crippen molar-refractivity contribution in [2.75, 3.05) is 14.2 Å². The summed E-state index contributed by atoms with van der Waals surface area (Å²) in [5.41, 5.74) is 6.08. The fourth-order valence-electron chi connectivity index (χ4n) is 5.33. The summed E-state index contributed by atoms with van der Waals surface area (Å²) in [4.78, 5) is 31.3. The van der Waals surface area contributed by atoms with E-state index in [2.05, 4.69) is 34.1 Å². The molecule has 4 aromatic rings. The van der Waals surface area contributed by atoms with Crippen LogP contribution in [-0.2, 0) is 11.2 Å². The number of methoxy groups -OCH3 is 2. The van der Waals surface area contributed by atoms with Crippen molar-refractivity contribution in [2.24, 2.45) is 4.99 Å². The van der Waals surface area contributed by atoms with Crippen molar-refractivity contribution in [3.8, 4) is 17.2 Å². The molecule has 0 N–H and O–H groups in total. The van der Waals surface area contributed by atoms with Crippen LogP contribution in [0.1, 0.15) is 41.6 Å². The van der Waals surface area contributed by atoms with Crippen molar-refractivity contribution in [2.45, 2.75) is 25.8 Å². The summed E-state index contributed by atoms with van der Waals surface area (Å²) in [6.07, 6.45) is 3.53. The van der Waals surface area contributed by atoms with E-state index in [1.807, 2.05) is 41.0 Å². The van der Waals surface area contributed by atoms with Crippen molar-refractivity contribution in [3.63, 3.8) is 0 Å². The molecule has 202 valence electrons. The van der Waals surface area contributed by atoms with Gasteiger partial charge in [0.1, 0.15) is 5.75 Å². The molecule has 1 aliphatic heterocycles. The van der Waals surface area contributed by atoms with E-state index in [0.29, 0.717) is 25.3 Å². The lowest BCUT2D eigenvalue weighted by Gasteiger charge is -2.30. The monoisotopic (exact) mass is 616 g/mol. The predicted octanol–water partition coefficient (Wildman–Crippen LogP) is 5.02. The number of carbonyl (C=O) groups excluding carboxylic acids is 1.